The van der Waals surface area contributed by atoms with E-state index < -0.39 is 0 Å². The van der Waals surface area contributed by atoms with Crippen molar-refractivity contribution in [3.05, 3.63) is 51.7 Å². The van der Waals surface area contributed by atoms with Crippen LogP contribution in [-0.2, 0) is 6.54 Å². The van der Waals surface area contributed by atoms with Crippen LogP contribution in [0, 0.1) is 6.92 Å². The van der Waals surface area contributed by atoms with Crippen LogP contribution in [0.25, 0.3) is 0 Å². The molecular formula is C19H27N3O2S. The molecule has 2 rings (SSSR count). The molecule has 2 amide bonds. The van der Waals surface area contributed by atoms with Gasteiger partial charge in [-0.1, -0.05) is 12.1 Å². The van der Waals surface area contributed by atoms with Crippen LogP contribution in [0.3, 0.4) is 0 Å². The SMILES string of the molecule is COc1cccc(C(CNC(=O)N(C)Cc2sccc2C)N(C)C)c1. The zero-order valence-electron chi connectivity index (χ0n) is 15.6. The Bertz CT molecular complexity index is 699. The molecule has 0 saturated heterocycles. The number of carbonyl (C=O) groups is 1. The zero-order chi connectivity index (χ0) is 18.4. The van der Waals surface area contributed by atoms with Crippen LogP contribution in [0.15, 0.2) is 35.7 Å². The number of carbonyl (C=O) groups excluding carboxylic acids is 1. The summed E-state index contributed by atoms with van der Waals surface area (Å²) in [6.07, 6.45) is 0. The molecule has 5 nitrogen and oxygen atoms in total. The van der Waals surface area contributed by atoms with Crippen LogP contribution in [-0.4, -0.2) is 50.6 Å². The van der Waals surface area contributed by atoms with Gasteiger partial charge in [-0.3, -0.25) is 0 Å². The Kier molecular flexibility index (Phi) is 6.84. The first-order valence-electron chi connectivity index (χ1n) is 8.24. The highest BCUT2D eigenvalue weighted by Crippen LogP contribution is 2.22. The Morgan fingerprint density at radius 3 is 2.64 bits per heavy atom. The van der Waals surface area contributed by atoms with Crippen LogP contribution in [0.1, 0.15) is 22.0 Å². The van der Waals surface area contributed by atoms with Crippen molar-refractivity contribution >= 4 is 17.4 Å². The molecule has 0 spiro atoms. The summed E-state index contributed by atoms with van der Waals surface area (Å²) in [4.78, 5) is 17.5. The highest BCUT2D eigenvalue weighted by Gasteiger charge is 2.18. The molecule has 6 heteroatoms. The van der Waals surface area contributed by atoms with Gasteiger partial charge >= 0.3 is 6.03 Å². The van der Waals surface area contributed by atoms with Crippen molar-refractivity contribution in [1.82, 2.24) is 15.1 Å². The molecule has 1 heterocycles. The van der Waals surface area contributed by atoms with Gasteiger partial charge in [0.25, 0.3) is 0 Å². The molecule has 0 radical (unpaired) electrons. The number of hydrogen-bond acceptors (Lipinski definition) is 4. The second kappa shape index (κ2) is 8.87. The third-order valence-corrected chi connectivity index (χ3v) is 5.25. The normalized spacial score (nSPS) is 12.1. The number of likely N-dealkylation sites (N-methyl/N-ethyl adjacent to an activating group) is 1. The van der Waals surface area contributed by atoms with Crippen molar-refractivity contribution in [2.75, 3.05) is 34.8 Å². The highest BCUT2D eigenvalue weighted by molar-refractivity contribution is 7.10. The van der Waals surface area contributed by atoms with E-state index in [1.165, 1.54) is 10.4 Å². The molecular weight excluding hydrogens is 334 g/mol. The van der Waals surface area contributed by atoms with Gasteiger partial charge in [-0.05, 0) is 55.7 Å². The van der Waals surface area contributed by atoms with E-state index in [-0.39, 0.29) is 12.1 Å². The van der Waals surface area contributed by atoms with E-state index in [9.17, 15) is 4.79 Å². The topological polar surface area (TPSA) is 44.8 Å². The van der Waals surface area contributed by atoms with Crippen molar-refractivity contribution in [1.29, 1.82) is 0 Å². The van der Waals surface area contributed by atoms with Crippen LogP contribution in [0.4, 0.5) is 4.79 Å². The number of aryl methyl sites for hydroxylation is 1. The Balaban J connectivity index is 1.98. The van der Waals surface area contributed by atoms with Crippen molar-refractivity contribution in [3.63, 3.8) is 0 Å². The Morgan fingerprint density at radius 1 is 1.28 bits per heavy atom. The van der Waals surface area contributed by atoms with Gasteiger partial charge in [-0.2, -0.15) is 0 Å². The third-order valence-electron chi connectivity index (χ3n) is 4.24. The highest BCUT2D eigenvalue weighted by atomic mass is 32.1. The van der Waals surface area contributed by atoms with E-state index in [1.54, 1.807) is 23.3 Å². The predicted octanol–water partition coefficient (Wildman–Crippen LogP) is 3.51. The molecule has 0 aliphatic heterocycles. The fourth-order valence-electron chi connectivity index (χ4n) is 2.62. The number of methoxy groups -OCH3 is 1. The predicted molar refractivity (Wildman–Crippen MR) is 103 cm³/mol. The van der Waals surface area contributed by atoms with Crippen LogP contribution >= 0.6 is 11.3 Å². The first kappa shape index (κ1) is 19.3. The molecule has 136 valence electrons. The Hall–Kier alpha value is -2.05. The average Bonchev–Trinajstić information content (AvgIpc) is 2.99. The van der Waals surface area contributed by atoms with Gasteiger partial charge in [-0.15, -0.1) is 11.3 Å². The fourth-order valence-corrected chi connectivity index (χ4v) is 3.58. The molecule has 0 aliphatic rings. The minimum absolute atomic E-state index is 0.0671. The Morgan fingerprint density at radius 2 is 2.04 bits per heavy atom. The number of amides is 2. The molecule has 1 aromatic heterocycles. The number of ether oxygens (including phenoxy) is 1. The van der Waals surface area contributed by atoms with Crippen LogP contribution in [0.5, 0.6) is 5.75 Å². The number of urea groups is 1. The maximum Gasteiger partial charge on any atom is 0.317 e. The van der Waals surface area contributed by atoms with Crippen LogP contribution < -0.4 is 10.1 Å². The summed E-state index contributed by atoms with van der Waals surface area (Å²) in [6.45, 7) is 3.23. The maximum absolute atomic E-state index is 12.4. The minimum Gasteiger partial charge on any atom is -0.497 e. The summed E-state index contributed by atoms with van der Waals surface area (Å²) < 4.78 is 5.31. The average molecular weight is 362 g/mol. The maximum atomic E-state index is 12.4. The van der Waals surface area contributed by atoms with Gasteiger partial charge < -0.3 is 19.9 Å². The summed E-state index contributed by atoms with van der Waals surface area (Å²) >= 11 is 1.68. The fraction of sp³-hybridized carbons (Fsp3) is 0.421. The lowest BCUT2D eigenvalue weighted by Crippen LogP contribution is -2.41. The third kappa shape index (κ3) is 5.21. The zero-order valence-corrected chi connectivity index (χ0v) is 16.4. The number of thiophene rings is 1. The Labute approximate surface area is 154 Å². The van der Waals surface area contributed by atoms with Gasteiger partial charge in [0.2, 0.25) is 0 Å². The molecule has 0 fully saturated rings. The summed E-state index contributed by atoms with van der Waals surface area (Å²) in [5.41, 5.74) is 2.34. The standard InChI is InChI=1S/C19H27N3O2S/c1-14-9-10-25-18(14)13-22(4)19(23)20-12-17(21(2)3)15-7-6-8-16(11-15)24-5/h6-11,17H,12-13H2,1-5H3,(H,20,23). The van der Waals surface area contributed by atoms with Gasteiger partial charge in [0.15, 0.2) is 0 Å². The van der Waals surface area contributed by atoms with Gasteiger partial charge in [-0.25, -0.2) is 4.79 Å². The van der Waals surface area contributed by atoms with E-state index >= 15 is 0 Å². The second-order valence-corrected chi connectivity index (χ2v) is 7.33. The summed E-state index contributed by atoms with van der Waals surface area (Å²) in [5, 5.41) is 5.10. The summed E-state index contributed by atoms with van der Waals surface area (Å²) in [7, 11) is 7.50. The smallest absolute Gasteiger partial charge is 0.317 e. The van der Waals surface area contributed by atoms with E-state index in [1.807, 2.05) is 39.3 Å². The first-order valence-corrected chi connectivity index (χ1v) is 9.12. The quantitative estimate of drug-likeness (QED) is 0.821. The number of benzene rings is 1. The monoisotopic (exact) mass is 361 g/mol. The molecule has 0 saturated carbocycles. The molecule has 0 bridgehead atoms. The van der Waals surface area contributed by atoms with Gasteiger partial charge in [0.1, 0.15) is 5.75 Å². The molecule has 25 heavy (non-hydrogen) atoms. The summed E-state index contributed by atoms with van der Waals surface area (Å²) in [6, 6.07) is 10.0. The minimum atomic E-state index is -0.0671. The van der Waals surface area contributed by atoms with Crippen molar-refractivity contribution in [2.45, 2.75) is 19.5 Å². The molecule has 1 N–H and O–H groups in total. The second-order valence-electron chi connectivity index (χ2n) is 6.32. The molecule has 1 aromatic carbocycles. The van der Waals surface area contributed by atoms with Crippen LogP contribution in [0.2, 0.25) is 0 Å². The first-order chi connectivity index (χ1) is 11.9. The van der Waals surface area contributed by atoms with Gasteiger partial charge in [0, 0.05) is 18.5 Å². The van der Waals surface area contributed by atoms with Crippen molar-refractivity contribution in [3.8, 4) is 5.75 Å². The molecule has 0 aliphatic carbocycles. The van der Waals surface area contributed by atoms with E-state index in [2.05, 4.69) is 34.7 Å². The van der Waals surface area contributed by atoms with E-state index in [0.29, 0.717) is 13.1 Å². The molecule has 2 aromatic rings. The van der Waals surface area contributed by atoms with E-state index in [4.69, 9.17) is 4.74 Å². The molecule has 1 unspecified atom stereocenters. The van der Waals surface area contributed by atoms with Crippen molar-refractivity contribution < 1.29 is 9.53 Å². The van der Waals surface area contributed by atoms with E-state index in [0.717, 1.165) is 11.3 Å². The number of rotatable bonds is 7. The number of hydrogen-bond donors (Lipinski definition) is 1. The van der Waals surface area contributed by atoms with Gasteiger partial charge in [0.05, 0.1) is 19.7 Å². The largest absolute Gasteiger partial charge is 0.497 e. The lowest BCUT2D eigenvalue weighted by molar-refractivity contribution is 0.201. The number of nitrogens with one attached hydrogen (secondary N) is 1. The lowest BCUT2D eigenvalue weighted by Gasteiger charge is -2.27. The van der Waals surface area contributed by atoms with Crippen molar-refractivity contribution in [2.24, 2.45) is 0 Å². The lowest BCUT2D eigenvalue weighted by atomic mass is 10.1. The number of nitrogens with zero attached hydrogens (tertiary/aromatic N) is 2. The summed E-state index contributed by atoms with van der Waals surface area (Å²) in [5.74, 6) is 0.820. The molecule has 1 atom stereocenters.